The van der Waals surface area contributed by atoms with E-state index >= 15 is 0 Å². The summed E-state index contributed by atoms with van der Waals surface area (Å²) >= 11 is 9.37. The Bertz CT molecular complexity index is 626. The Morgan fingerprint density at radius 2 is 1.80 bits per heavy atom. The van der Waals surface area contributed by atoms with Crippen molar-refractivity contribution in [2.24, 2.45) is 0 Å². The maximum atomic E-state index is 12.5. The van der Waals surface area contributed by atoms with Crippen LogP contribution in [-0.4, -0.2) is 5.91 Å². The van der Waals surface area contributed by atoms with Crippen LogP contribution in [0.4, 0.5) is 5.69 Å². The summed E-state index contributed by atoms with van der Waals surface area (Å²) in [6.45, 7) is 3.80. The number of halogens is 2. The van der Waals surface area contributed by atoms with Crippen LogP contribution in [0.15, 0.2) is 53.0 Å². The van der Waals surface area contributed by atoms with Crippen LogP contribution in [0.25, 0.3) is 0 Å². The van der Waals surface area contributed by atoms with Crippen LogP contribution >= 0.6 is 27.5 Å². The molecule has 0 bridgehead atoms. The minimum Gasteiger partial charge on any atom is -0.324 e. The first kappa shape index (κ1) is 15.1. The zero-order chi connectivity index (χ0) is 14.8. The van der Waals surface area contributed by atoms with Crippen molar-refractivity contribution >= 4 is 39.1 Å². The zero-order valence-electron chi connectivity index (χ0n) is 11.3. The Kier molecular flexibility index (Phi) is 4.51. The summed E-state index contributed by atoms with van der Waals surface area (Å²) < 4.78 is 0.805. The minimum atomic E-state index is -0.622. The molecule has 0 aliphatic carbocycles. The van der Waals surface area contributed by atoms with Gasteiger partial charge in [-0.3, -0.25) is 4.79 Å². The second-order valence-electron chi connectivity index (χ2n) is 5.07. The third-order valence-electron chi connectivity index (χ3n) is 3.24. The SMILES string of the molecule is CC(C)(C(=O)Nc1cc(Cl)ccc1Br)c1ccccc1. The Morgan fingerprint density at radius 3 is 2.45 bits per heavy atom. The third-order valence-corrected chi connectivity index (χ3v) is 4.17. The first-order valence-corrected chi connectivity index (χ1v) is 7.40. The van der Waals surface area contributed by atoms with Gasteiger partial charge >= 0.3 is 0 Å². The number of nitrogens with one attached hydrogen (secondary N) is 1. The molecule has 4 heteroatoms. The fourth-order valence-electron chi connectivity index (χ4n) is 1.86. The van der Waals surface area contributed by atoms with Crippen LogP contribution in [-0.2, 0) is 10.2 Å². The summed E-state index contributed by atoms with van der Waals surface area (Å²) in [6.07, 6.45) is 0. The lowest BCUT2D eigenvalue weighted by Gasteiger charge is -2.24. The van der Waals surface area contributed by atoms with Crippen LogP contribution < -0.4 is 5.32 Å². The van der Waals surface area contributed by atoms with Crippen molar-refractivity contribution in [3.8, 4) is 0 Å². The molecule has 0 aliphatic rings. The average molecular weight is 353 g/mol. The molecule has 0 fully saturated rings. The number of carbonyl (C=O) groups excluding carboxylic acids is 1. The van der Waals surface area contributed by atoms with E-state index in [4.69, 9.17) is 11.6 Å². The number of hydrogen-bond donors (Lipinski definition) is 1. The Morgan fingerprint density at radius 1 is 1.15 bits per heavy atom. The predicted molar refractivity (Wildman–Crippen MR) is 87.2 cm³/mol. The number of carbonyl (C=O) groups is 1. The topological polar surface area (TPSA) is 29.1 Å². The van der Waals surface area contributed by atoms with E-state index in [2.05, 4.69) is 21.2 Å². The van der Waals surface area contributed by atoms with Crippen molar-refractivity contribution in [2.75, 3.05) is 5.32 Å². The normalized spacial score (nSPS) is 11.2. The van der Waals surface area contributed by atoms with Crippen molar-refractivity contribution in [1.29, 1.82) is 0 Å². The largest absolute Gasteiger partial charge is 0.324 e. The molecule has 20 heavy (non-hydrogen) atoms. The van der Waals surface area contributed by atoms with Gasteiger partial charge in [-0.2, -0.15) is 0 Å². The highest BCUT2D eigenvalue weighted by atomic mass is 79.9. The molecule has 1 N–H and O–H groups in total. The van der Waals surface area contributed by atoms with E-state index in [9.17, 15) is 4.79 Å². The van der Waals surface area contributed by atoms with Crippen molar-refractivity contribution in [2.45, 2.75) is 19.3 Å². The highest BCUT2D eigenvalue weighted by Gasteiger charge is 2.29. The number of benzene rings is 2. The number of anilines is 1. The first-order chi connectivity index (χ1) is 9.41. The van der Waals surface area contributed by atoms with Gasteiger partial charge in [-0.15, -0.1) is 0 Å². The van der Waals surface area contributed by atoms with Crippen LogP contribution in [0.3, 0.4) is 0 Å². The van der Waals surface area contributed by atoms with Gasteiger partial charge in [0.15, 0.2) is 0 Å². The van der Waals surface area contributed by atoms with Gasteiger partial charge in [0.1, 0.15) is 0 Å². The van der Waals surface area contributed by atoms with Gasteiger partial charge in [0.05, 0.1) is 11.1 Å². The van der Waals surface area contributed by atoms with Gasteiger partial charge < -0.3 is 5.32 Å². The molecule has 0 unspecified atom stereocenters. The Hall–Kier alpha value is -1.32. The van der Waals surface area contributed by atoms with E-state index in [0.29, 0.717) is 10.7 Å². The van der Waals surface area contributed by atoms with Crippen molar-refractivity contribution in [3.63, 3.8) is 0 Å². The van der Waals surface area contributed by atoms with Crippen LogP contribution in [0.2, 0.25) is 5.02 Å². The maximum Gasteiger partial charge on any atom is 0.234 e. The molecule has 2 aromatic rings. The molecule has 2 rings (SSSR count). The molecular weight excluding hydrogens is 338 g/mol. The molecule has 0 atom stereocenters. The van der Waals surface area contributed by atoms with E-state index in [-0.39, 0.29) is 5.91 Å². The lowest BCUT2D eigenvalue weighted by Crippen LogP contribution is -2.34. The highest BCUT2D eigenvalue weighted by molar-refractivity contribution is 9.10. The van der Waals surface area contributed by atoms with Gasteiger partial charge in [-0.05, 0) is 53.5 Å². The molecular formula is C16H15BrClNO. The predicted octanol–water partition coefficient (Wildman–Crippen LogP) is 5.02. The molecule has 2 nitrogen and oxygen atoms in total. The summed E-state index contributed by atoms with van der Waals surface area (Å²) in [5.74, 6) is -0.0772. The lowest BCUT2D eigenvalue weighted by molar-refractivity contribution is -0.120. The van der Waals surface area contributed by atoms with Crippen molar-refractivity contribution in [1.82, 2.24) is 0 Å². The van der Waals surface area contributed by atoms with E-state index < -0.39 is 5.41 Å². The van der Waals surface area contributed by atoms with Crippen LogP contribution in [0.1, 0.15) is 19.4 Å². The molecule has 0 spiro atoms. The van der Waals surface area contributed by atoms with E-state index in [1.807, 2.05) is 50.2 Å². The summed E-state index contributed by atoms with van der Waals surface area (Å²) in [4.78, 5) is 12.5. The van der Waals surface area contributed by atoms with Gasteiger partial charge in [0.2, 0.25) is 5.91 Å². The van der Waals surface area contributed by atoms with E-state index in [1.165, 1.54) is 0 Å². The van der Waals surface area contributed by atoms with Gasteiger partial charge in [-0.25, -0.2) is 0 Å². The summed E-state index contributed by atoms with van der Waals surface area (Å²) in [7, 11) is 0. The van der Waals surface area contributed by atoms with E-state index in [0.717, 1.165) is 10.0 Å². The molecule has 0 aromatic heterocycles. The molecule has 0 saturated heterocycles. The average Bonchev–Trinajstić information content (AvgIpc) is 2.43. The molecule has 1 amide bonds. The fourth-order valence-corrected chi connectivity index (χ4v) is 2.38. The molecule has 0 aliphatic heterocycles. The summed E-state index contributed by atoms with van der Waals surface area (Å²) in [6, 6.07) is 15.0. The van der Waals surface area contributed by atoms with Gasteiger partial charge in [0, 0.05) is 9.50 Å². The Labute approximate surface area is 132 Å². The van der Waals surface area contributed by atoms with Gasteiger partial charge in [0.25, 0.3) is 0 Å². The first-order valence-electron chi connectivity index (χ1n) is 6.23. The molecule has 0 heterocycles. The second kappa shape index (κ2) is 5.98. The standard InChI is InChI=1S/C16H15BrClNO/c1-16(2,11-6-4-3-5-7-11)15(20)19-14-10-12(18)8-9-13(14)17/h3-10H,1-2H3,(H,19,20). The fraction of sp³-hybridized carbons (Fsp3) is 0.188. The summed E-state index contributed by atoms with van der Waals surface area (Å²) in [5.41, 5.74) is 1.02. The second-order valence-corrected chi connectivity index (χ2v) is 6.36. The smallest absolute Gasteiger partial charge is 0.234 e. The summed E-state index contributed by atoms with van der Waals surface area (Å²) in [5, 5.41) is 3.50. The quantitative estimate of drug-likeness (QED) is 0.825. The van der Waals surface area contributed by atoms with Gasteiger partial charge in [-0.1, -0.05) is 41.9 Å². The van der Waals surface area contributed by atoms with Crippen molar-refractivity contribution in [3.05, 3.63) is 63.6 Å². The molecule has 0 radical (unpaired) electrons. The highest BCUT2D eigenvalue weighted by Crippen LogP contribution is 2.29. The molecule has 0 saturated carbocycles. The number of hydrogen-bond acceptors (Lipinski definition) is 1. The maximum absolute atomic E-state index is 12.5. The Balaban J connectivity index is 2.26. The van der Waals surface area contributed by atoms with Crippen LogP contribution in [0.5, 0.6) is 0 Å². The van der Waals surface area contributed by atoms with Crippen LogP contribution in [0, 0.1) is 0 Å². The lowest BCUT2D eigenvalue weighted by atomic mass is 9.83. The minimum absolute atomic E-state index is 0.0772. The zero-order valence-corrected chi connectivity index (χ0v) is 13.6. The van der Waals surface area contributed by atoms with Crippen molar-refractivity contribution < 1.29 is 4.79 Å². The third kappa shape index (κ3) is 3.22. The molecule has 2 aromatic carbocycles. The van der Waals surface area contributed by atoms with E-state index in [1.54, 1.807) is 12.1 Å². The monoisotopic (exact) mass is 351 g/mol. The molecule has 104 valence electrons. The number of amides is 1. The number of rotatable bonds is 3.